The quantitative estimate of drug-likeness (QED) is 0.740. The molecule has 2 atom stereocenters. The van der Waals surface area contributed by atoms with Gasteiger partial charge >= 0.3 is 0 Å². The fourth-order valence-electron chi connectivity index (χ4n) is 3.07. The van der Waals surface area contributed by atoms with E-state index in [1.807, 2.05) is 55.5 Å². The molecule has 1 amide bonds. The number of nitrogens with one attached hydrogen (secondary N) is 1. The van der Waals surface area contributed by atoms with Crippen molar-refractivity contribution in [1.29, 1.82) is 0 Å². The van der Waals surface area contributed by atoms with Crippen molar-refractivity contribution in [2.75, 3.05) is 5.32 Å². The lowest BCUT2D eigenvalue weighted by atomic mass is 10.1. The predicted molar refractivity (Wildman–Crippen MR) is 98.2 cm³/mol. The zero-order valence-corrected chi connectivity index (χ0v) is 14.2. The van der Waals surface area contributed by atoms with Gasteiger partial charge in [0.2, 0.25) is 5.91 Å². The number of aryl methyl sites for hydroxylation is 1. The van der Waals surface area contributed by atoms with Crippen LogP contribution in [0, 0.1) is 12.8 Å². The van der Waals surface area contributed by atoms with Crippen molar-refractivity contribution in [3.8, 4) is 11.3 Å². The van der Waals surface area contributed by atoms with Gasteiger partial charge in [-0.2, -0.15) is 0 Å². The third-order valence-corrected chi connectivity index (χ3v) is 5.32. The van der Waals surface area contributed by atoms with Crippen LogP contribution < -0.4 is 5.32 Å². The smallest absolute Gasteiger partial charge is 0.229 e. The third kappa shape index (κ3) is 2.97. The Bertz CT molecular complexity index is 858. The van der Waals surface area contributed by atoms with E-state index >= 15 is 0 Å². The Balaban J connectivity index is 1.46. The minimum atomic E-state index is 0.0665. The van der Waals surface area contributed by atoms with Gasteiger partial charge in [-0.3, -0.25) is 4.79 Å². The van der Waals surface area contributed by atoms with Gasteiger partial charge in [-0.15, -0.1) is 11.3 Å². The number of nitrogens with zero attached hydrogens (tertiary/aromatic N) is 1. The summed E-state index contributed by atoms with van der Waals surface area (Å²) in [6.45, 7) is 2.04. The average molecular weight is 334 g/mol. The maximum atomic E-state index is 12.5. The summed E-state index contributed by atoms with van der Waals surface area (Å²) in [5.74, 6) is 0.495. The van der Waals surface area contributed by atoms with Crippen molar-refractivity contribution in [3.05, 3.63) is 71.1 Å². The first-order chi connectivity index (χ1) is 11.7. The molecule has 4 rings (SSSR count). The normalized spacial score (nSPS) is 19.0. The van der Waals surface area contributed by atoms with Crippen molar-refractivity contribution in [1.82, 2.24) is 4.98 Å². The van der Waals surface area contributed by atoms with E-state index in [0.717, 1.165) is 22.6 Å². The molecule has 1 N–H and O–H groups in total. The highest BCUT2D eigenvalue weighted by atomic mass is 32.1. The van der Waals surface area contributed by atoms with Gasteiger partial charge in [-0.05, 0) is 24.8 Å². The number of amides is 1. The molecule has 3 nitrogen and oxygen atoms in total. The van der Waals surface area contributed by atoms with E-state index in [2.05, 4.69) is 22.4 Å². The van der Waals surface area contributed by atoms with Crippen LogP contribution >= 0.6 is 11.3 Å². The van der Waals surface area contributed by atoms with E-state index in [-0.39, 0.29) is 11.8 Å². The minimum Gasteiger partial charge on any atom is -0.302 e. The van der Waals surface area contributed by atoms with Gasteiger partial charge in [-0.1, -0.05) is 60.7 Å². The molecular formula is C20H18N2OS. The molecule has 1 aliphatic carbocycles. The summed E-state index contributed by atoms with van der Waals surface area (Å²) in [5.41, 5.74) is 3.28. The largest absolute Gasteiger partial charge is 0.302 e. The first kappa shape index (κ1) is 15.1. The van der Waals surface area contributed by atoms with Gasteiger partial charge in [-0.25, -0.2) is 4.98 Å². The van der Waals surface area contributed by atoms with Crippen LogP contribution in [0.5, 0.6) is 0 Å². The zero-order valence-electron chi connectivity index (χ0n) is 13.4. The molecule has 4 heteroatoms. The van der Waals surface area contributed by atoms with Crippen molar-refractivity contribution < 1.29 is 4.79 Å². The molecule has 0 saturated heterocycles. The summed E-state index contributed by atoms with van der Waals surface area (Å²) in [4.78, 5) is 18.2. The Morgan fingerprint density at radius 3 is 2.46 bits per heavy atom. The molecule has 3 aromatic rings. The van der Waals surface area contributed by atoms with Crippen LogP contribution in [0.1, 0.15) is 22.8 Å². The Morgan fingerprint density at radius 1 is 1.08 bits per heavy atom. The van der Waals surface area contributed by atoms with Crippen LogP contribution in [0.2, 0.25) is 0 Å². The maximum Gasteiger partial charge on any atom is 0.229 e. The monoisotopic (exact) mass is 334 g/mol. The molecule has 1 aromatic heterocycles. The number of rotatable bonds is 4. The summed E-state index contributed by atoms with van der Waals surface area (Å²) >= 11 is 1.54. The molecular weight excluding hydrogens is 316 g/mol. The Hall–Kier alpha value is -2.46. The predicted octanol–water partition coefficient (Wildman–Crippen LogP) is 4.86. The molecule has 1 fully saturated rings. The van der Waals surface area contributed by atoms with Gasteiger partial charge in [0.15, 0.2) is 5.13 Å². The number of aromatic nitrogens is 1. The molecule has 1 saturated carbocycles. The van der Waals surface area contributed by atoms with E-state index in [0.29, 0.717) is 11.0 Å². The van der Waals surface area contributed by atoms with E-state index < -0.39 is 0 Å². The first-order valence-corrected chi connectivity index (χ1v) is 8.92. The van der Waals surface area contributed by atoms with E-state index in [1.54, 1.807) is 0 Å². The lowest BCUT2D eigenvalue weighted by Gasteiger charge is -2.01. The molecule has 0 radical (unpaired) electrons. The van der Waals surface area contributed by atoms with Crippen LogP contribution in [0.3, 0.4) is 0 Å². The van der Waals surface area contributed by atoms with Gasteiger partial charge in [0, 0.05) is 16.4 Å². The van der Waals surface area contributed by atoms with E-state index in [1.165, 1.54) is 16.9 Å². The molecule has 0 aliphatic heterocycles. The van der Waals surface area contributed by atoms with Crippen molar-refractivity contribution in [2.45, 2.75) is 19.3 Å². The van der Waals surface area contributed by atoms with Crippen LogP contribution in [0.25, 0.3) is 11.3 Å². The number of hydrogen-bond donors (Lipinski definition) is 1. The summed E-state index contributed by atoms with van der Waals surface area (Å²) in [7, 11) is 0. The SMILES string of the molecule is Cc1sc(NC(=O)[C@H]2C[C@H]2c2ccccc2)nc1-c1ccccc1. The second-order valence-corrected chi connectivity index (χ2v) is 7.34. The Kier molecular flexibility index (Phi) is 3.90. The van der Waals surface area contributed by atoms with Crippen LogP contribution in [-0.2, 0) is 4.79 Å². The topological polar surface area (TPSA) is 42.0 Å². The van der Waals surface area contributed by atoms with Crippen LogP contribution in [-0.4, -0.2) is 10.9 Å². The average Bonchev–Trinajstić information content (AvgIpc) is 3.34. The standard InChI is InChI=1S/C20H18N2OS/c1-13-18(15-10-6-3-7-11-15)21-20(24-13)22-19(23)17-12-16(17)14-8-4-2-5-9-14/h2-11,16-17H,12H2,1H3,(H,21,22,23)/t16-,17-/m0/s1. The molecule has 0 spiro atoms. The van der Waals surface area contributed by atoms with E-state index in [9.17, 15) is 4.79 Å². The number of hydrogen-bond acceptors (Lipinski definition) is 3. The molecule has 120 valence electrons. The number of carbonyl (C=O) groups is 1. The molecule has 24 heavy (non-hydrogen) atoms. The highest BCUT2D eigenvalue weighted by molar-refractivity contribution is 7.16. The van der Waals surface area contributed by atoms with Gasteiger partial charge in [0.1, 0.15) is 0 Å². The zero-order chi connectivity index (χ0) is 16.5. The Labute approximate surface area is 145 Å². The molecule has 1 heterocycles. The fraction of sp³-hybridized carbons (Fsp3) is 0.200. The highest BCUT2D eigenvalue weighted by Gasteiger charge is 2.44. The van der Waals surface area contributed by atoms with Gasteiger partial charge < -0.3 is 5.32 Å². The van der Waals surface area contributed by atoms with Gasteiger partial charge in [0.05, 0.1) is 5.69 Å². The number of thiazole rings is 1. The van der Waals surface area contributed by atoms with Gasteiger partial charge in [0.25, 0.3) is 0 Å². The summed E-state index contributed by atoms with van der Waals surface area (Å²) in [5, 5.41) is 3.69. The van der Waals surface area contributed by atoms with Crippen LogP contribution in [0.4, 0.5) is 5.13 Å². The molecule has 1 aliphatic rings. The second kappa shape index (κ2) is 6.21. The summed E-state index contributed by atoms with van der Waals surface area (Å²) in [6.07, 6.45) is 0.922. The molecule has 2 aromatic carbocycles. The summed E-state index contributed by atoms with van der Waals surface area (Å²) < 4.78 is 0. The minimum absolute atomic E-state index is 0.0665. The lowest BCUT2D eigenvalue weighted by molar-refractivity contribution is -0.117. The van der Waals surface area contributed by atoms with Crippen molar-refractivity contribution in [2.24, 2.45) is 5.92 Å². The number of anilines is 1. The van der Waals surface area contributed by atoms with Crippen molar-refractivity contribution >= 4 is 22.4 Å². The molecule has 0 bridgehead atoms. The number of carbonyl (C=O) groups excluding carboxylic acids is 1. The highest BCUT2D eigenvalue weighted by Crippen LogP contribution is 2.48. The van der Waals surface area contributed by atoms with E-state index in [4.69, 9.17) is 0 Å². The lowest BCUT2D eigenvalue weighted by Crippen LogP contribution is -2.14. The summed E-state index contributed by atoms with van der Waals surface area (Å²) in [6, 6.07) is 20.3. The Morgan fingerprint density at radius 2 is 1.75 bits per heavy atom. The molecule has 0 unspecified atom stereocenters. The number of benzene rings is 2. The third-order valence-electron chi connectivity index (χ3n) is 4.43. The maximum absolute atomic E-state index is 12.5. The second-order valence-electron chi connectivity index (χ2n) is 6.14. The fourth-order valence-corrected chi connectivity index (χ4v) is 3.90. The van der Waals surface area contributed by atoms with Crippen LogP contribution in [0.15, 0.2) is 60.7 Å². The van der Waals surface area contributed by atoms with Crippen molar-refractivity contribution in [3.63, 3.8) is 0 Å². The first-order valence-electron chi connectivity index (χ1n) is 8.11.